The largest absolute Gasteiger partial charge is 0.393 e. The van der Waals surface area contributed by atoms with E-state index in [1.54, 1.807) is 0 Å². The minimum Gasteiger partial charge on any atom is -0.393 e. The Labute approximate surface area is 124 Å². The molecule has 0 saturated carbocycles. The molecule has 0 saturated heterocycles. The molecule has 5 heteroatoms. The Morgan fingerprint density at radius 1 is 0.800 bits per heavy atom. The molecule has 0 aliphatic rings. The second-order valence-corrected chi connectivity index (χ2v) is 7.41. The molecule has 122 valence electrons. The molecule has 2 unspecified atom stereocenters. The fourth-order valence-corrected chi connectivity index (χ4v) is 3.33. The van der Waals surface area contributed by atoms with Crippen LogP contribution in [0.1, 0.15) is 84.5 Å². The van der Waals surface area contributed by atoms with E-state index < -0.39 is 15.4 Å². The van der Waals surface area contributed by atoms with Crippen LogP contribution in [0.5, 0.6) is 0 Å². The number of hydrogen-bond donors (Lipinski definition) is 2. The predicted molar refractivity (Wildman–Crippen MR) is 83.5 cm³/mol. The molecule has 0 heterocycles. The normalized spacial score (nSPS) is 15.2. The Balaban J connectivity index is 3.83. The lowest BCUT2D eigenvalue weighted by atomic mass is 10.0. The van der Waals surface area contributed by atoms with Gasteiger partial charge in [-0.05, 0) is 25.7 Å². The molecule has 0 radical (unpaired) electrons. The quantitative estimate of drug-likeness (QED) is 0.399. The van der Waals surface area contributed by atoms with Crippen LogP contribution < -0.4 is 0 Å². The molecular formula is C15H32O4S. The summed E-state index contributed by atoms with van der Waals surface area (Å²) in [6.07, 6.45) is 9.04. The molecule has 0 aliphatic carbocycles. The third kappa shape index (κ3) is 10.6. The molecular weight excluding hydrogens is 276 g/mol. The van der Waals surface area contributed by atoms with Crippen LogP contribution in [0, 0.1) is 0 Å². The van der Waals surface area contributed by atoms with E-state index in [0.717, 1.165) is 57.8 Å². The molecule has 0 fully saturated rings. The summed E-state index contributed by atoms with van der Waals surface area (Å²) in [6.45, 7) is 4.14. The summed E-state index contributed by atoms with van der Waals surface area (Å²) in [6, 6.07) is 0. The molecule has 0 aromatic carbocycles. The van der Waals surface area contributed by atoms with Gasteiger partial charge in [0.15, 0.2) is 0 Å². The van der Waals surface area contributed by atoms with Crippen LogP contribution in [0.25, 0.3) is 0 Å². The summed E-state index contributed by atoms with van der Waals surface area (Å²) in [7, 11) is -3.92. The number of aliphatic hydroxyl groups is 1. The molecule has 0 amide bonds. The zero-order chi connectivity index (χ0) is 15.4. The first-order valence-electron chi connectivity index (χ1n) is 8.06. The second kappa shape index (κ2) is 11.5. The van der Waals surface area contributed by atoms with Crippen molar-refractivity contribution in [2.45, 2.75) is 95.8 Å². The van der Waals surface area contributed by atoms with E-state index in [0.29, 0.717) is 12.8 Å². The number of hydrogen-bond acceptors (Lipinski definition) is 3. The van der Waals surface area contributed by atoms with Crippen molar-refractivity contribution in [1.29, 1.82) is 0 Å². The van der Waals surface area contributed by atoms with E-state index in [-0.39, 0.29) is 6.10 Å². The summed E-state index contributed by atoms with van der Waals surface area (Å²) >= 11 is 0. The van der Waals surface area contributed by atoms with Crippen LogP contribution in [0.15, 0.2) is 0 Å². The standard InChI is InChI=1S/C15H32O4S/c1-3-5-7-10-14(16)11-8-9-13-15(12-6-4-2)20(17,18)19/h14-16H,3-13H2,1-2H3,(H,17,18,19). The summed E-state index contributed by atoms with van der Waals surface area (Å²) in [5.74, 6) is 0. The van der Waals surface area contributed by atoms with Gasteiger partial charge in [0.1, 0.15) is 0 Å². The van der Waals surface area contributed by atoms with Gasteiger partial charge in [-0.2, -0.15) is 8.42 Å². The highest BCUT2D eigenvalue weighted by Crippen LogP contribution is 2.18. The van der Waals surface area contributed by atoms with Crippen molar-refractivity contribution in [3.8, 4) is 0 Å². The lowest BCUT2D eigenvalue weighted by Crippen LogP contribution is -2.20. The Kier molecular flexibility index (Phi) is 11.4. The Hall–Kier alpha value is -0.130. The minimum atomic E-state index is -3.92. The van der Waals surface area contributed by atoms with Gasteiger partial charge in [-0.15, -0.1) is 0 Å². The molecule has 2 atom stereocenters. The summed E-state index contributed by atoms with van der Waals surface area (Å²) < 4.78 is 31.7. The summed E-state index contributed by atoms with van der Waals surface area (Å²) in [5.41, 5.74) is 0. The smallest absolute Gasteiger partial charge is 0.267 e. The Bertz CT molecular complexity index is 314. The Morgan fingerprint density at radius 3 is 1.75 bits per heavy atom. The lowest BCUT2D eigenvalue weighted by Gasteiger charge is -2.14. The van der Waals surface area contributed by atoms with Crippen LogP contribution >= 0.6 is 0 Å². The average molecular weight is 308 g/mol. The zero-order valence-electron chi connectivity index (χ0n) is 13.1. The van der Waals surface area contributed by atoms with Gasteiger partial charge in [0.05, 0.1) is 11.4 Å². The number of aliphatic hydroxyl groups excluding tert-OH is 1. The maximum atomic E-state index is 11.2. The molecule has 0 spiro atoms. The van der Waals surface area contributed by atoms with Crippen LogP contribution in [0.3, 0.4) is 0 Å². The highest BCUT2D eigenvalue weighted by atomic mass is 32.2. The molecule has 0 aromatic heterocycles. The minimum absolute atomic E-state index is 0.263. The topological polar surface area (TPSA) is 74.6 Å². The van der Waals surface area contributed by atoms with Gasteiger partial charge in [0.25, 0.3) is 10.1 Å². The van der Waals surface area contributed by atoms with Gasteiger partial charge in [0.2, 0.25) is 0 Å². The van der Waals surface area contributed by atoms with Gasteiger partial charge < -0.3 is 5.11 Å². The summed E-state index contributed by atoms with van der Waals surface area (Å²) in [5, 5.41) is 9.15. The van der Waals surface area contributed by atoms with E-state index in [4.69, 9.17) is 0 Å². The average Bonchev–Trinajstić information content (AvgIpc) is 2.36. The fourth-order valence-electron chi connectivity index (χ4n) is 2.40. The van der Waals surface area contributed by atoms with Crippen molar-refractivity contribution in [2.24, 2.45) is 0 Å². The van der Waals surface area contributed by atoms with Gasteiger partial charge in [0, 0.05) is 0 Å². The maximum Gasteiger partial charge on any atom is 0.267 e. The first-order chi connectivity index (χ1) is 9.41. The monoisotopic (exact) mass is 308 g/mol. The molecule has 0 rings (SSSR count). The van der Waals surface area contributed by atoms with Gasteiger partial charge in [-0.25, -0.2) is 0 Å². The predicted octanol–water partition coefficient (Wildman–Crippen LogP) is 3.93. The van der Waals surface area contributed by atoms with Crippen molar-refractivity contribution in [1.82, 2.24) is 0 Å². The third-order valence-electron chi connectivity index (χ3n) is 3.76. The van der Waals surface area contributed by atoms with E-state index in [2.05, 4.69) is 6.92 Å². The molecule has 20 heavy (non-hydrogen) atoms. The van der Waals surface area contributed by atoms with Crippen molar-refractivity contribution in [3.63, 3.8) is 0 Å². The van der Waals surface area contributed by atoms with Gasteiger partial charge >= 0.3 is 0 Å². The molecule has 0 aliphatic heterocycles. The molecule has 0 bridgehead atoms. The maximum absolute atomic E-state index is 11.2. The van der Waals surface area contributed by atoms with Gasteiger partial charge in [-0.3, -0.25) is 4.55 Å². The van der Waals surface area contributed by atoms with Crippen molar-refractivity contribution < 1.29 is 18.1 Å². The van der Waals surface area contributed by atoms with E-state index in [1.807, 2.05) is 6.92 Å². The first-order valence-corrected chi connectivity index (χ1v) is 9.56. The van der Waals surface area contributed by atoms with E-state index in [9.17, 15) is 18.1 Å². The highest BCUT2D eigenvalue weighted by Gasteiger charge is 2.21. The van der Waals surface area contributed by atoms with E-state index in [1.165, 1.54) is 0 Å². The van der Waals surface area contributed by atoms with Crippen LogP contribution in [0.2, 0.25) is 0 Å². The van der Waals surface area contributed by atoms with Crippen LogP contribution in [-0.4, -0.2) is 29.4 Å². The summed E-state index contributed by atoms with van der Waals surface area (Å²) in [4.78, 5) is 0. The number of unbranched alkanes of at least 4 members (excludes halogenated alkanes) is 4. The Morgan fingerprint density at radius 2 is 1.25 bits per heavy atom. The van der Waals surface area contributed by atoms with Crippen LogP contribution in [0.4, 0.5) is 0 Å². The molecule has 4 nitrogen and oxygen atoms in total. The van der Waals surface area contributed by atoms with Crippen molar-refractivity contribution >= 4 is 10.1 Å². The van der Waals surface area contributed by atoms with Crippen molar-refractivity contribution in [3.05, 3.63) is 0 Å². The van der Waals surface area contributed by atoms with E-state index >= 15 is 0 Å². The fraction of sp³-hybridized carbons (Fsp3) is 1.00. The van der Waals surface area contributed by atoms with Crippen molar-refractivity contribution in [2.75, 3.05) is 0 Å². The third-order valence-corrected chi connectivity index (χ3v) is 5.07. The number of rotatable bonds is 13. The zero-order valence-corrected chi connectivity index (χ0v) is 13.9. The molecule has 2 N–H and O–H groups in total. The molecule has 0 aromatic rings. The highest BCUT2D eigenvalue weighted by molar-refractivity contribution is 7.86. The first kappa shape index (κ1) is 19.9. The lowest BCUT2D eigenvalue weighted by molar-refractivity contribution is 0.147. The second-order valence-electron chi connectivity index (χ2n) is 5.71. The SMILES string of the molecule is CCCCCC(O)CCCCC(CCCC)S(=O)(=O)O. The van der Waals surface area contributed by atoms with Crippen LogP contribution in [-0.2, 0) is 10.1 Å². The van der Waals surface area contributed by atoms with Gasteiger partial charge in [-0.1, -0.05) is 58.8 Å².